The third-order valence-corrected chi connectivity index (χ3v) is 5.84. The van der Waals surface area contributed by atoms with Gasteiger partial charge < -0.3 is 16.0 Å². The summed E-state index contributed by atoms with van der Waals surface area (Å²) >= 11 is 0. The van der Waals surface area contributed by atoms with Crippen LogP contribution >= 0.6 is 0 Å². The highest BCUT2D eigenvalue weighted by atomic mass is 16.2. The van der Waals surface area contributed by atoms with Gasteiger partial charge in [0.05, 0.1) is 18.3 Å². The van der Waals surface area contributed by atoms with Crippen LogP contribution in [0.3, 0.4) is 0 Å². The van der Waals surface area contributed by atoms with Crippen LogP contribution in [0.2, 0.25) is 0 Å². The third kappa shape index (κ3) is 5.18. The first-order valence-electron chi connectivity index (χ1n) is 10.8. The number of carbonyl (C=O) groups is 1. The number of nitriles is 1. The van der Waals surface area contributed by atoms with Crippen molar-refractivity contribution in [3.63, 3.8) is 0 Å². The van der Waals surface area contributed by atoms with E-state index in [9.17, 15) is 4.79 Å². The smallest absolute Gasteiger partial charge is 0.263 e. The fraction of sp³-hybridized carbons (Fsp3) is 0.292. The maximum Gasteiger partial charge on any atom is 0.263 e. The largest absolute Gasteiger partial charge is 0.383 e. The van der Waals surface area contributed by atoms with Gasteiger partial charge >= 0.3 is 0 Å². The number of benzene rings is 1. The normalized spacial score (nSPS) is 14.0. The van der Waals surface area contributed by atoms with E-state index in [0.29, 0.717) is 43.7 Å². The van der Waals surface area contributed by atoms with E-state index in [2.05, 4.69) is 39.1 Å². The number of nitrogens with two attached hydrogens (primary N) is 1. The Hall–Kier alpha value is -4.19. The van der Waals surface area contributed by atoms with Gasteiger partial charge in [0.1, 0.15) is 29.6 Å². The Morgan fingerprint density at radius 1 is 1.24 bits per heavy atom. The number of nitrogen functional groups attached to an aromatic ring is 1. The highest BCUT2D eigenvalue weighted by Crippen LogP contribution is 2.31. The van der Waals surface area contributed by atoms with E-state index in [1.54, 1.807) is 11.1 Å². The van der Waals surface area contributed by atoms with Crippen molar-refractivity contribution in [2.24, 2.45) is 5.92 Å². The monoisotopic (exact) mass is 442 g/mol. The van der Waals surface area contributed by atoms with Crippen LogP contribution in [-0.4, -0.2) is 50.2 Å². The first-order chi connectivity index (χ1) is 16.0. The Bertz CT molecular complexity index is 1170. The second-order valence-electron chi connectivity index (χ2n) is 8.10. The molecule has 0 spiro atoms. The Kier molecular flexibility index (Phi) is 6.64. The lowest BCUT2D eigenvalue weighted by molar-refractivity contribution is -0.127. The molecule has 0 bridgehead atoms. The second-order valence-corrected chi connectivity index (χ2v) is 8.10. The number of likely N-dealkylation sites (tertiary alicyclic amines) is 1. The molecule has 0 aliphatic carbocycles. The van der Waals surface area contributed by atoms with E-state index >= 15 is 0 Å². The fourth-order valence-electron chi connectivity index (χ4n) is 3.99. The maximum atomic E-state index is 12.1. The molecule has 1 amide bonds. The van der Waals surface area contributed by atoms with Gasteiger partial charge in [-0.05, 0) is 24.3 Å². The number of amides is 1. The summed E-state index contributed by atoms with van der Waals surface area (Å²) in [6.45, 7) is 6.09. The zero-order chi connectivity index (χ0) is 23.2. The number of hydrogen-bond acceptors (Lipinski definition) is 7. The fourth-order valence-corrected chi connectivity index (χ4v) is 3.99. The molecule has 0 unspecified atom stereocenters. The van der Waals surface area contributed by atoms with Gasteiger partial charge in [0.25, 0.3) is 5.91 Å². The average Bonchev–Trinajstić information content (AvgIpc) is 3.30. The minimum atomic E-state index is -0.276. The topological polar surface area (TPSA) is 126 Å². The first-order valence-corrected chi connectivity index (χ1v) is 10.8. The van der Waals surface area contributed by atoms with Crippen LogP contribution in [0.5, 0.6) is 0 Å². The molecule has 4 rings (SSSR count). The van der Waals surface area contributed by atoms with E-state index < -0.39 is 0 Å². The number of anilines is 2. The van der Waals surface area contributed by atoms with Crippen molar-refractivity contribution in [2.75, 3.05) is 30.7 Å². The summed E-state index contributed by atoms with van der Waals surface area (Å²) in [5, 5.41) is 16.8. The molecule has 1 aromatic carbocycles. The predicted molar refractivity (Wildman–Crippen MR) is 126 cm³/mol. The summed E-state index contributed by atoms with van der Waals surface area (Å²) in [4.78, 5) is 22.4. The number of nitrogens with zero attached hydrogens (tertiary/aromatic N) is 6. The molecule has 0 saturated carbocycles. The van der Waals surface area contributed by atoms with Crippen molar-refractivity contribution >= 4 is 17.5 Å². The molecule has 1 saturated heterocycles. The zero-order valence-electron chi connectivity index (χ0n) is 18.3. The van der Waals surface area contributed by atoms with E-state index in [4.69, 9.17) is 11.0 Å². The summed E-state index contributed by atoms with van der Waals surface area (Å²) < 4.78 is 1.86. The Morgan fingerprint density at radius 2 is 2.00 bits per heavy atom. The van der Waals surface area contributed by atoms with Crippen molar-refractivity contribution in [3.8, 4) is 17.2 Å². The van der Waals surface area contributed by atoms with Gasteiger partial charge in [-0.3, -0.25) is 9.48 Å². The Morgan fingerprint density at radius 3 is 2.73 bits per heavy atom. The van der Waals surface area contributed by atoms with Crippen LogP contribution in [0.4, 0.5) is 11.6 Å². The molecule has 0 atom stereocenters. The molecular weight excluding hydrogens is 416 g/mol. The van der Waals surface area contributed by atoms with Gasteiger partial charge in [0.15, 0.2) is 0 Å². The maximum absolute atomic E-state index is 12.1. The number of carbonyl (C=O) groups excluding carboxylic acids is 1. The van der Waals surface area contributed by atoms with Gasteiger partial charge in [0.2, 0.25) is 0 Å². The lowest BCUT2D eigenvalue weighted by Gasteiger charge is -2.32. The summed E-state index contributed by atoms with van der Waals surface area (Å²) in [6, 6.07) is 11.9. The minimum absolute atomic E-state index is 0.0134. The molecule has 1 aliphatic rings. The molecule has 9 nitrogen and oxygen atoms in total. The minimum Gasteiger partial charge on any atom is -0.383 e. The van der Waals surface area contributed by atoms with Gasteiger partial charge in [-0.15, -0.1) is 0 Å². The van der Waals surface area contributed by atoms with Crippen LogP contribution in [-0.2, 0) is 11.3 Å². The lowest BCUT2D eigenvalue weighted by atomic mass is 9.96. The van der Waals surface area contributed by atoms with Crippen molar-refractivity contribution < 1.29 is 4.79 Å². The van der Waals surface area contributed by atoms with Crippen molar-refractivity contribution in [3.05, 3.63) is 66.8 Å². The van der Waals surface area contributed by atoms with Crippen molar-refractivity contribution in [1.82, 2.24) is 24.6 Å². The molecular formula is C24H26N8O. The van der Waals surface area contributed by atoms with E-state index in [1.165, 1.54) is 6.33 Å². The molecule has 33 heavy (non-hydrogen) atoms. The summed E-state index contributed by atoms with van der Waals surface area (Å²) in [5.41, 5.74) is 8.94. The molecule has 3 N–H and O–H groups in total. The predicted octanol–water partition coefficient (Wildman–Crippen LogP) is 2.70. The second kappa shape index (κ2) is 9.96. The van der Waals surface area contributed by atoms with Crippen molar-refractivity contribution in [2.45, 2.75) is 19.4 Å². The lowest BCUT2D eigenvalue weighted by Crippen LogP contribution is -2.40. The summed E-state index contributed by atoms with van der Waals surface area (Å²) in [6.07, 6.45) is 6.84. The first kappa shape index (κ1) is 22.0. The molecule has 9 heteroatoms. The number of nitrogens with one attached hydrogen (secondary N) is 1. The molecule has 3 aromatic rings. The molecule has 1 fully saturated rings. The van der Waals surface area contributed by atoms with E-state index in [1.807, 2.05) is 35.1 Å². The SMILES string of the molecule is C=C(C#N)C(=O)N1CCC(CNc2ncnc(N)c2-c2cnn(Cc3ccccc3)c2)CC1. The Labute approximate surface area is 192 Å². The zero-order valence-corrected chi connectivity index (χ0v) is 18.3. The van der Waals surface area contributed by atoms with E-state index in [0.717, 1.165) is 29.5 Å². The van der Waals surface area contributed by atoms with Crippen LogP contribution in [0.25, 0.3) is 11.1 Å². The molecule has 3 heterocycles. The van der Waals surface area contributed by atoms with E-state index in [-0.39, 0.29) is 11.5 Å². The average molecular weight is 443 g/mol. The molecule has 168 valence electrons. The number of aromatic nitrogens is 4. The number of piperidine rings is 1. The van der Waals surface area contributed by atoms with Gasteiger partial charge in [-0.1, -0.05) is 36.9 Å². The van der Waals surface area contributed by atoms with Crippen LogP contribution in [0, 0.1) is 17.2 Å². The quantitative estimate of drug-likeness (QED) is 0.425. The van der Waals surface area contributed by atoms with Crippen LogP contribution in [0.1, 0.15) is 18.4 Å². The molecule has 0 radical (unpaired) electrons. The van der Waals surface area contributed by atoms with Crippen LogP contribution in [0.15, 0.2) is 61.2 Å². The Balaban J connectivity index is 1.41. The highest BCUT2D eigenvalue weighted by molar-refractivity contribution is 5.96. The van der Waals surface area contributed by atoms with Crippen molar-refractivity contribution in [1.29, 1.82) is 5.26 Å². The van der Waals surface area contributed by atoms with Crippen LogP contribution < -0.4 is 11.1 Å². The number of hydrogen-bond donors (Lipinski definition) is 2. The molecule has 1 aliphatic heterocycles. The third-order valence-electron chi connectivity index (χ3n) is 5.84. The van der Waals surface area contributed by atoms with Gasteiger partial charge in [-0.25, -0.2) is 9.97 Å². The summed E-state index contributed by atoms with van der Waals surface area (Å²) in [5.74, 6) is 1.15. The summed E-state index contributed by atoms with van der Waals surface area (Å²) in [7, 11) is 0. The highest BCUT2D eigenvalue weighted by Gasteiger charge is 2.24. The van der Waals surface area contributed by atoms with Gasteiger partial charge in [0, 0.05) is 31.4 Å². The molecule has 2 aromatic heterocycles. The standard InChI is InChI=1S/C24H26N8O/c1-17(11-25)24(33)31-9-7-18(8-10-31)12-27-23-21(22(26)28-16-29-23)20-13-30-32(15-20)14-19-5-3-2-4-6-19/h2-6,13,15-16,18H,1,7-10,12,14H2,(H3,26,27,28,29). The van der Waals surface area contributed by atoms with Gasteiger partial charge in [-0.2, -0.15) is 10.4 Å². The number of rotatable bonds is 7.